The number of cyclic esters (lactones) is 1. The number of fused-ring (bicyclic) bond motifs is 2. The van der Waals surface area contributed by atoms with Crippen molar-refractivity contribution in [3.8, 4) is 11.1 Å². The van der Waals surface area contributed by atoms with Gasteiger partial charge in [0, 0.05) is 23.7 Å². The van der Waals surface area contributed by atoms with Gasteiger partial charge in [0.05, 0.1) is 18.2 Å². The zero-order valence-corrected chi connectivity index (χ0v) is 20.7. The first-order chi connectivity index (χ1) is 17.4. The summed E-state index contributed by atoms with van der Waals surface area (Å²) in [4.78, 5) is 29.2. The zero-order chi connectivity index (χ0) is 25.2. The van der Waals surface area contributed by atoms with Crippen LogP contribution in [0.4, 0.5) is 9.18 Å². The van der Waals surface area contributed by atoms with Gasteiger partial charge in [-0.3, -0.25) is 9.78 Å². The van der Waals surface area contributed by atoms with Gasteiger partial charge in [-0.25, -0.2) is 9.18 Å². The van der Waals surface area contributed by atoms with Gasteiger partial charge in [0.25, 0.3) is 0 Å². The van der Waals surface area contributed by atoms with E-state index in [1.54, 1.807) is 19.2 Å². The smallest absolute Gasteiger partial charge is 0.407 e. The van der Waals surface area contributed by atoms with E-state index in [-0.39, 0.29) is 47.8 Å². The molecule has 0 spiro atoms. The molecule has 190 valence electrons. The van der Waals surface area contributed by atoms with Gasteiger partial charge in [-0.05, 0) is 87.1 Å². The lowest BCUT2D eigenvalue weighted by Crippen LogP contribution is -2.48. The number of carbonyl (C=O) groups excluding carboxylic acids is 2. The number of alkyl carbamates (subject to hydrolysis) is 1. The third-order valence-corrected chi connectivity index (χ3v) is 8.18. The summed E-state index contributed by atoms with van der Waals surface area (Å²) in [5, 5.41) is 3.00. The van der Waals surface area contributed by atoms with Gasteiger partial charge in [-0.15, -0.1) is 0 Å². The third-order valence-electron chi connectivity index (χ3n) is 8.18. The Kier molecular flexibility index (Phi) is 7.08. The minimum atomic E-state index is -0.368. The highest BCUT2D eigenvalue weighted by Gasteiger charge is 2.54. The Balaban J connectivity index is 1.34. The highest BCUT2D eigenvalue weighted by atomic mass is 19.1. The van der Waals surface area contributed by atoms with Crippen LogP contribution in [0.3, 0.4) is 0 Å². The lowest BCUT2D eigenvalue weighted by atomic mass is 9.57. The Morgan fingerprint density at radius 2 is 2.08 bits per heavy atom. The summed E-state index contributed by atoms with van der Waals surface area (Å²) in [6.07, 6.45) is 9.07. The SMILES string of the molecule is CCOC(=O)N[C@@H]1CC[C@@H]2[C@H](C1)C[C@@H]1C(=O)O[C@H](C)[C@H]1[C@H]2/C=C/c1ccc(-c2cccc(F)c2)cn1. The van der Waals surface area contributed by atoms with Crippen LogP contribution in [-0.4, -0.2) is 35.8 Å². The molecule has 7 heteroatoms. The van der Waals surface area contributed by atoms with Crippen LogP contribution in [0.1, 0.15) is 45.2 Å². The Bertz CT molecular complexity index is 1130. The summed E-state index contributed by atoms with van der Waals surface area (Å²) >= 11 is 0. The van der Waals surface area contributed by atoms with Crippen LogP contribution in [0.5, 0.6) is 0 Å². The number of pyridine rings is 1. The predicted molar refractivity (Wildman–Crippen MR) is 134 cm³/mol. The molecule has 2 aliphatic carbocycles. The first kappa shape index (κ1) is 24.5. The standard InChI is InChI=1S/C29H33FN2O4/c1-3-35-29(34)32-23-10-11-24-20(14-23)15-26-27(17(2)36-28(26)33)25(24)12-9-22-8-7-19(16-31-22)18-5-4-6-21(30)13-18/h4-9,12-13,16-17,20,23-27H,3,10-11,14-15H2,1-2H3,(H,32,34)/b12-9+/t17-,20-,23-,24-,25+,26+,27+/m1/s1. The molecule has 36 heavy (non-hydrogen) atoms. The summed E-state index contributed by atoms with van der Waals surface area (Å²) in [5.41, 5.74) is 2.48. The molecule has 3 aliphatic rings. The maximum atomic E-state index is 13.6. The van der Waals surface area contributed by atoms with Gasteiger partial charge in [0.15, 0.2) is 0 Å². The second-order valence-corrected chi connectivity index (χ2v) is 10.3. The van der Waals surface area contributed by atoms with Crippen molar-refractivity contribution in [1.82, 2.24) is 10.3 Å². The van der Waals surface area contributed by atoms with Crippen molar-refractivity contribution in [1.29, 1.82) is 0 Å². The van der Waals surface area contributed by atoms with Crippen LogP contribution in [0, 0.1) is 35.4 Å². The van der Waals surface area contributed by atoms with E-state index in [0.29, 0.717) is 18.4 Å². The first-order valence-corrected chi connectivity index (χ1v) is 13.0. The Hall–Kier alpha value is -3.22. The number of benzene rings is 1. The summed E-state index contributed by atoms with van der Waals surface area (Å²) in [7, 11) is 0. The van der Waals surface area contributed by atoms with E-state index >= 15 is 0 Å². The van der Waals surface area contributed by atoms with Crippen molar-refractivity contribution in [2.45, 2.75) is 51.7 Å². The van der Waals surface area contributed by atoms with Crippen LogP contribution < -0.4 is 5.32 Å². The van der Waals surface area contributed by atoms with Crippen molar-refractivity contribution < 1.29 is 23.5 Å². The number of nitrogens with one attached hydrogen (secondary N) is 1. The number of hydrogen-bond acceptors (Lipinski definition) is 5. The number of amides is 1. The molecular formula is C29H33FN2O4. The highest BCUT2D eigenvalue weighted by Crippen LogP contribution is 2.53. The van der Waals surface area contributed by atoms with Crippen LogP contribution in [0.25, 0.3) is 17.2 Å². The molecule has 1 N–H and O–H groups in total. The molecule has 2 aromatic rings. The molecule has 3 fully saturated rings. The summed E-state index contributed by atoms with van der Waals surface area (Å²) in [6, 6.07) is 10.4. The zero-order valence-electron chi connectivity index (χ0n) is 20.7. The van der Waals surface area contributed by atoms with E-state index in [0.717, 1.165) is 42.5 Å². The molecule has 0 unspecified atom stereocenters. The van der Waals surface area contributed by atoms with Gasteiger partial charge >= 0.3 is 12.1 Å². The van der Waals surface area contributed by atoms with E-state index in [9.17, 15) is 14.0 Å². The van der Waals surface area contributed by atoms with Crippen molar-refractivity contribution in [3.05, 3.63) is 60.2 Å². The lowest BCUT2D eigenvalue weighted by Gasteiger charge is -2.47. The van der Waals surface area contributed by atoms with Gasteiger partial charge in [0.1, 0.15) is 11.9 Å². The summed E-state index contributed by atoms with van der Waals surface area (Å²) < 4.78 is 24.3. The average Bonchev–Trinajstić information content (AvgIpc) is 3.15. The average molecular weight is 493 g/mol. The fraction of sp³-hybridized carbons (Fsp3) is 0.483. The normalized spacial score (nSPS) is 31.4. The topological polar surface area (TPSA) is 77.5 Å². The Labute approximate surface area is 211 Å². The molecule has 0 bridgehead atoms. The molecule has 2 saturated carbocycles. The van der Waals surface area contributed by atoms with Gasteiger partial charge in [-0.2, -0.15) is 0 Å². The van der Waals surface area contributed by atoms with Crippen molar-refractivity contribution in [2.24, 2.45) is 29.6 Å². The maximum Gasteiger partial charge on any atom is 0.407 e. The fourth-order valence-electron chi connectivity index (χ4n) is 6.64. The molecule has 1 saturated heterocycles. The Morgan fingerprint density at radius 3 is 2.83 bits per heavy atom. The fourth-order valence-corrected chi connectivity index (χ4v) is 6.64. The molecular weight excluding hydrogens is 459 g/mol. The number of hydrogen-bond donors (Lipinski definition) is 1. The number of aromatic nitrogens is 1. The number of ether oxygens (including phenoxy) is 2. The van der Waals surface area contributed by atoms with Crippen molar-refractivity contribution in [3.63, 3.8) is 0 Å². The van der Waals surface area contributed by atoms with E-state index in [2.05, 4.69) is 16.4 Å². The van der Waals surface area contributed by atoms with Gasteiger partial charge in [0.2, 0.25) is 0 Å². The minimum Gasteiger partial charge on any atom is -0.462 e. The number of allylic oxidation sites excluding steroid dienone is 1. The van der Waals surface area contributed by atoms with Crippen LogP contribution >= 0.6 is 0 Å². The van der Waals surface area contributed by atoms with Crippen molar-refractivity contribution >= 4 is 18.1 Å². The number of carbonyl (C=O) groups is 2. The Morgan fingerprint density at radius 1 is 1.22 bits per heavy atom. The maximum absolute atomic E-state index is 13.6. The molecule has 5 rings (SSSR count). The second kappa shape index (κ2) is 10.4. The summed E-state index contributed by atoms with van der Waals surface area (Å²) in [6.45, 7) is 4.15. The van der Waals surface area contributed by atoms with Crippen LogP contribution in [0.15, 0.2) is 48.7 Å². The number of halogens is 1. The van der Waals surface area contributed by atoms with E-state index in [4.69, 9.17) is 9.47 Å². The summed E-state index contributed by atoms with van der Waals surface area (Å²) in [5.74, 6) is 0.629. The predicted octanol–water partition coefficient (Wildman–Crippen LogP) is 5.63. The highest BCUT2D eigenvalue weighted by molar-refractivity contribution is 5.75. The molecule has 7 atom stereocenters. The number of nitrogens with zero attached hydrogens (tertiary/aromatic N) is 1. The van der Waals surface area contributed by atoms with Crippen molar-refractivity contribution in [2.75, 3.05) is 6.61 Å². The van der Waals surface area contributed by atoms with Gasteiger partial charge < -0.3 is 14.8 Å². The van der Waals surface area contributed by atoms with Crippen LogP contribution in [0.2, 0.25) is 0 Å². The number of rotatable bonds is 5. The van der Waals surface area contributed by atoms with Gasteiger partial charge in [-0.1, -0.05) is 24.3 Å². The van der Waals surface area contributed by atoms with Crippen LogP contribution in [-0.2, 0) is 14.3 Å². The number of esters is 1. The van der Waals surface area contributed by atoms with E-state index in [1.165, 1.54) is 12.1 Å². The molecule has 2 heterocycles. The lowest BCUT2D eigenvalue weighted by molar-refractivity contribution is -0.144. The molecule has 1 amide bonds. The quantitative estimate of drug-likeness (QED) is 0.548. The monoisotopic (exact) mass is 492 g/mol. The molecule has 1 aromatic heterocycles. The largest absolute Gasteiger partial charge is 0.462 e. The third kappa shape index (κ3) is 5.01. The molecule has 0 radical (unpaired) electrons. The second-order valence-electron chi connectivity index (χ2n) is 10.3. The minimum absolute atomic E-state index is 0.0679. The first-order valence-electron chi connectivity index (χ1n) is 13.0. The van der Waals surface area contributed by atoms with E-state index < -0.39 is 0 Å². The molecule has 1 aromatic carbocycles. The molecule has 1 aliphatic heterocycles. The molecule has 6 nitrogen and oxygen atoms in total. The van der Waals surface area contributed by atoms with E-state index in [1.807, 2.05) is 31.2 Å².